The fourth-order valence-corrected chi connectivity index (χ4v) is 2.41. The van der Waals surface area contributed by atoms with Gasteiger partial charge in [-0.3, -0.25) is 0 Å². The highest BCUT2D eigenvalue weighted by atomic mass is 19.1. The van der Waals surface area contributed by atoms with Crippen molar-refractivity contribution in [3.8, 4) is 11.6 Å². The Hall–Kier alpha value is -2.63. The van der Waals surface area contributed by atoms with Crippen LogP contribution in [0.15, 0.2) is 47.6 Å². The van der Waals surface area contributed by atoms with Crippen LogP contribution >= 0.6 is 0 Å². The number of pyridine rings is 1. The van der Waals surface area contributed by atoms with Crippen LogP contribution in [0.5, 0.6) is 11.6 Å². The smallest absolute Gasteiger partial charge is 0.219 e. The maximum Gasteiger partial charge on any atom is 0.219 e. The number of benzene rings is 1. The molecule has 0 spiro atoms. The standard InChI is InChI=1S/C19H23FN4O/c1-3-21-19(24-17-9-13(17)2)23-12-14-7-8-18(22-11-14)25-16-6-4-5-15(20)10-16/h4-8,10-11,13,17H,3,9,12H2,1-2H3,(H2,21,23,24). The Balaban J connectivity index is 1.58. The molecule has 1 heterocycles. The van der Waals surface area contributed by atoms with Crippen LogP contribution in [0, 0.1) is 11.7 Å². The zero-order valence-corrected chi connectivity index (χ0v) is 14.5. The molecule has 1 saturated carbocycles. The first-order chi connectivity index (χ1) is 12.1. The highest BCUT2D eigenvalue weighted by Crippen LogP contribution is 2.28. The lowest BCUT2D eigenvalue weighted by molar-refractivity contribution is 0.457. The number of aliphatic imine (C=N–C) groups is 1. The topological polar surface area (TPSA) is 58.5 Å². The van der Waals surface area contributed by atoms with E-state index in [0.29, 0.717) is 30.1 Å². The van der Waals surface area contributed by atoms with E-state index in [2.05, 4.69) is 27.5 Å². The quantitative estimate of drug-likeness (QED) is 0.623. The molecule has 0 radical (unpaired) electrons. The summed E-state index contributed by atoms with van der Waals surface area (Å²) in [5.74, 6) is 2.06. The van der Waals surface area contributed by atoms with Crippen LogP contribution < -0.4 is 15.4 Å². The summed E-state index contributed by atoms with van der Waals surface area (Å²) in [4.78, 5) is 8.85. The SMILES string of the molecule is CCNC(=NCc1ccc(Oc2cccc(F)c2)nc1)NC1CC1C. The second kappa shape index (κ2) is 7.96. The van der Waals surface area contributed by atoms with Crippen molar-refractivity contribution < 1.29 is 9.13 Å². The van der Waals surface area contributed by atoms with Gasteiger partial charge in [-0.1, -0.05) is 19.1 Å². The molecular formula is C19H23FN4O. The minimum atomic E-state index is -0.336. The molecular weight excluding hydrogens is 319 g/mol. The highest BCUT2D eigenvalue weighted by Gasteiger charge is 2.33. The van der Waals surface area contributed by atoms with E-state index >= 15 is 0 Å². The number of hydrogen-bond acceptors (Lipinski definition) is 3. The molecule has 1 aromatic heterocycles. The average Bonchev–Trinajstić information content (AvgIpc) is 3.29. The third kappa shape index (κ3) is 5.17. The van der Waals surface area contributed by atoms with Gasteiger partial charge in [-0.25, -0.2) is 14.4 Å². The van der Waals surface area contributed by atoms with Gasteiger partial charge in [0.25, 0.3) is 0 Å². The van der Waals surface area contributed by atoms with E-state index in [9.17, 15) is 4.39 Å². The molecule has 5 nitrogen and oxygen atoms in total. The van der Waals surface area contributed by atoms with Crippen LogP contribution in [0.1, 0.15) is 25.8 Å². The molecule has 2 atom stereocenters. The van der Waals surface area contributed by atoms with Crippen molar-refractivity contribution in [1.29, 1.82) is 0 Å². The summed E-state index contributed by atoms with van der Waals surface area (Å²) in [5, 5.41) is 6.67. The van der Waals surface area contributed by atoms with E-state index in [-0.39, 0.29) is 5.82 Å². The zero-order chi connectivity index (χ0) is 17.6. The van der Waals surface area contributed by atoms with Crippen LogP contribution in [-0.4, -0.2) is 23.5 Å². The van der Waals surface area contributed by atoms with Crippen LogP contribution in [0.3, 0.4) is 0 Å². The lowest BCUT2D eigenvalue weighted by atomic mass is 10.3. The first-order valence-corrected chi connectivity index (χ1v) is 8.57. The second-order valence-corrected chi connectivity index (χ2v) is 6.22. The Kier molecular flexibility index (Phi) is 5.48. The van der Waals surface area contributed by atoms with Crippen molar-refractivity contribution in [2.75, 3.05) is 6.54 Å². The average molecular weight is 342 g/mol. The van der Waals surface area contributed by atoms with Crippen molar-refractivity contribution >= 4 is 5.96 Å². The van der Waals surface area contributed by atoms with Crippen molar-refractivity contribution in [3.05, 3.63) is 54.0 Å². The number of aromatic nitrogens is 1. The molecule has 0 saturated heterocycles. The highest BCUT2D eigenvalue weighted by molar-refractivity contribution is 5.80. The minimum absolute atomic E-state index is 0.336. The van der Waals surface area contributed by atoms with Crippen molar-refractivity contribution in [2.24, 2.45) is 10.9 Å². The van der Waals surface area contributed by atoms with E-state index in [1.165, 1.54) is 18.6 Å². The van der Waals surface area contributed by atoms with E-state index in [1.54, 1.807) is 24.4 Å². The van der Waals surface area contributed by atoms with E-state index in [0.717, 1.165) is 18.1 Å². The van der Waals surface area contributed by atoms with Gasteiger partial charge in [-0.2, -0.15) is 0 Å². The number of rotatable bonds is 6. The maximum atomic E-state index is 13.2. The van der Waals surface area contributed by atoms with Crippen LogP contribution in [0.2, 0.25) is 0 Å². The van der Waals surface area contributed by atoms with Gasteiger partial charge in [-0.05, 0) is 37.0 Å². The second-order valence-electron chi connectivity index (χ2n) is 6.22. The summed E-state index contributed by atoms with van der Waals surface area (Å²) < 4.78 is 18.7. The summed E-state index contributed by atoms with van der Waals surface area (Å²) in [7, 11) is 0. The molecule has 0 bridgehead atoms. The number of nitrogens with zero attached hydrogens (tertiary/aromatic N) is 2. The fourth-order valence-electron chi connectivity index (χ4n) is 2.41. The Labute approximate surface area is 147 Å². The van der Waals surface area contributed by atoms with E-state index < -0.39 is 0 Å². The molecule has 1 fully saturated rings. The molecule has 1 aliphatic carbocycles. The van der Waals surface area contributed by atoms with Gasteiger partial charge in [0, 0.05) is 30.9 Å². The van der Waals surface area contributed by atoms with Crippen molar-refractivity contribution in [1.82, 2.24) is 15.6 Å². The first kappa shape index (κ1) is 17.2. The predicted octanol–water partition coefficient (Wildman–Crippen LogP) is 3.48. The van der Waals surface area contributed by atoms with Crippen molar-refractivity contribution in [2.45, 2.75) is 32.9 Å². The Bertz CT molecular complexity index is 732. The Morgan fingerprint density at radius 2 is 2.20 bits per heavy atom. The summed E-state index contributed by atoms with van der Waals surface area (Å²) in [6.07, 6.45) is 2.92. The molecule has 25 heavy (non-hydrogen) atoms. The molecule has 6 heteroatoms. The van der Waals surface area contributed by atoms with Crippen molar-refractivity contribution in [3.63, 3.8) is 0 Å². The fraction of sp³-hybridized carbons (Fsp3) is 0.368. The number of hydrogen-bond donors (Lipinski definition) is 2. The lowest BCUT2D eigenvalue weighted by Crippen LogP contribution is -2.39. The zero-order valence-electron chi connectivity index (χ0n) is 14.5. The third-order valence-electron chi connectivity index (χ3n) is 4.01. The van der Waals surface area contributed by atoms with Gasteiger partial charge in [0.2, 0.25) is 5.88 Å². The predicted molar refractivity (Wildman–Crippen MR) is 96.2 cm³/mol. The normalized spacial score (nSPS) is 19.4. The number of halogens is 1. The maximum absolute atomic E-state index is 13.2. The third-order valence-corrected chi connectivity index (χ3v) is 4.01. The lowest BCUT2D eigenvalue weighted by Gasteiger charge is -2.10. The molecule has 0 aliphatic heterocycles. The molecule has 2 unspecified atom stereocenters. The van der Waals surface area contributed by atoms with Gasteiger partial charge < -0.3 is 15.4 Å². The van der Waals surface area contributed by atoms with Gasteiger partial charge >= 0.3 is 0 Å². The molecule has 1 aromatic carbocycles. The summed E-state index contributed by atoms with van der Waals surface area (Å²) >= 11 is 0. The molecule has 3 rings (SSSR count). The van der Waals surface area contributed by atoms with Gasteiger partial charge in [0.05, 0.1) is 6.54 Å². The molecule has 132 valence electrons. The van der Waals surface area contributed by atoms with Crippen LogP contribution in [0.25, 0.3) is 0 Å². The largest absolute Gasteiger partial charge is 0.439 e. The van der Waals surface area contributed by atoms with Gasteiger partial charge in [0.1, 0.15) is 11.6 Å². The molecule has 2 N–H and O–H groups in total. The van der Waals surface area contributed by atoms with Crippen LogP contribution in [-0.2, 0) is 6.54 Å². The monoisotopic (exact) mass is 342 g/mol. The van der Waals surface area contributed by atoms with Gasteiger partial charge in [-0.15, -0.1) is 0 Å². The first-order valence-electron chi connectivity index (χ1n) is 8.57. The van der Waals surface area contributed by atoms with Gasteiger partial charge in [0.15, 0.2) is 5.96 Å². The van der Waals surface area contributed by atoms with E-state index in [4.69, 9.17) is 4.74 Å². The Morgan fingerprint density at radius 1 is 1.36 bits per heavy atom. The van der Waals surface area contributed by atoms with E-state index in [1.807, 2.05) is 13.0 Å². The number of guanidine groups is 1. The molecule has 0 amide bonds. The molecule has 1 aliphatic rings. The van der Waals surface area contributed by atoms with Crippen LogP contribution in [0.4, 0.5) is 4.39 Å². The summed E-state index contributed by atoms with van der Waals surface area (Å²) in [6.45, 7) is 5.63. The summed E-state index contributed by atoms with van der Waals surface area (Å²) in [6, 6.07) is 10.2. The summed E-state index contributed by atoms with van der Waals surface area (Å²) in [5.41, 5.74) is 0.979. The Morgan fingerprint density at radius 3 is 2.84 bits per heavy atom. The minimum Gasteiger partial charge on any atom is -0.439 e. The number of nitrogens with one attached hydrogen (secondary N) is 2. The molecule has 2 aromatic rings. The number of ether oxygens (including phenoxy) is 1.